The van der Waals surface area contributed by atoms with Crippen molar-refractivity contribution in [1.82, 2.24) is 0 Å². The molecule has 0 aromatic heterocycles. The van der Waals surface area contributed by atoms with Crippen molar-refractivity contribution in [2.75, 3.05) is 0 Å². The molecule has 0 bridgehead atoms. The zero-order valence-electron chi connectivity index (χ0n) is 10.9. The Balaban J connectivity index is 2.47. The lowest BCUT2D eigenvalue weighted by Gasteiger charge is -2.15. The lowest BCUT2D eigenvalue weighted by Crippen LogP contribution is -2.05. The Morgan fingerprint density at radius 2 is 1.79 bits per heavy atom. The molecule has 0 saturated heterocycles. The summed E-state index contributed by atoms with van der Waals surface area (Å²) in [6, 6.07) is 12.5. The molecule has 1 atom stereocenters. The Labute approximate surface area is 112 Å². The smallest absolute Gasteiger partial charge is 0.335 e. The third kappa shape index (κ3) is 2.83. The summed E-state index contributed by atoms with van der Waals surface area (Å²) in [5.74, 6) is -0.984. The van der Waals surface area contributed by atoms with Gasteiger partial charge in [-0.15, -0.1) is 0 Å². The molecule has 19 heavy (non-hydrogen) atoms. The van der Waals surface area contributed by atoms with Crippen molar-refractivity contribution in [3.05, 3.63) is 70.3 Å². The van der Waals surface area contributed by atoms with Crippen LogP contribution in [0, 0.1) is 13.8 Å². The summed E-state index contributed by atoms with van der Waals surface area (Å²) in [6.45, 7) is 3.74. The van der Waals surface area contributed by atoms with Crippen molar-refractivity contribution in [2.45, 2.75) is 20.0 Å². The van der Waals surface area contributed by atoms with E-state index >= 15 is 0 Å². The standard InChI is InChI=1S/C16H16O3/c1-10-7-12(9-13(8-10)16(18)19)15(17)14-6-4-3-5-11(14)2/h3-9,15,17H,1-2H3,(H,18,19). The minimum Gasteiger partial charge on any atom is -0.478 e. The van der Waals surface area contributed by atoms with E-state index in [-0.39, 0.29) is 5.56 Å². The molecule has 3 nitrogen and oxygen atoms in total. The van der Waals surface area contributed by atoms with Gasteiger partial charge in [0.25, 0.3) is 0 Å². The number of aliphatic hydroxyl groups is 1. The van der Waals surface area contributed by atoms with E-state index in [2.05, 4.69) is 0 Å². The van der Waals surface area contributed by atoms with Crippen LogP contribution < -0.4 is 0 Å². The van der Waals surface area contributed by atoms with Gasteiger partial charge in [-0.3, -0.25) is 0 Å². The summed E-state index contributed by atoms with van der Waals surface area (Å²) in [4.78, 5) is 11.0. The first-order chi connectivity index (χ1) is 8.99. The molecule has 3 heteroatoms. The lowest BCUT2D eigenvalue weighted by molar-refractivity contribution is 0.0696. The zero-order valence-corrected chi connectivity index (χ0v) is 10.9. The molecule has 0 aliphatic rings. The molecule has 1 unspecified atom stereocenters. The minimum atomic E-state index is -0.984. The van der Waals surface area contributed by atoms with E-state index in [0.717, 1.165) is 16.7 Å². The summed E-state index contributed by atoms with van der Waals surface area (Å²) in [5, 5.41) is 19.5. The highest BCUT2D eigenvalue weighted by Crippen LogP contribution is 2.26. The number of aliphatic hydroxyl groups excluding tert-OH is 1. The predicted molar refractivity (Wildman–Crippen MR) is 73.4 cm³/mol. The molecule has 0 aliphatic carbocycles. The maximum absolute atomic E-state index is 11.0. The van der Waals surface area contributed by atoms with Crippen LogP contribution in [0.1, 0.15) is 38.7 Å². The molecule has 2 N–H and O–H groups in total. The lowest BCUT2D eigenvalue weighted by atomic mass is 9.95. The first kappa shape index (κ1) is 13.3. The third-order valence-electron chi connectivity index (χ3n) is 3.15. The molecule has 98 valence electrons. The van der Waals surface area contributed by atoms with Crippen LogP contribution in [-0.2, 0) is 0 Å². The van der Waals surface area contributed by atoms with E-state index in [0.29, 0.717) is 5.56 Å². The Kier molecular flexibility index (Phi) is 3.67. The molecule has 2 aromatic rings. The summed E-state index contributed by atoms with van der Waals surface area (Å²) in [6.07, 6.45) is -0.806. The number of benzene rings is 2. The number of rotatable bonds is 3. The second-order valence-electron chi connectivity index (χ2n) is 4.70. The van der Waals surface area contributed by atoms with E-state index in [4.69, 9.17) is 5.11 Å². The number of carboxylic acid groups (broad SMARTS) is 1. The molecular formula is C16H16O3. The molecule has 0 fully saturated rings. The summed E-state index contributed by atoms with van der Waals surface area (Å²) in [5.41, 5.74) is 3.40. The largest absolute Gasteiger partial charge is 0.478 e. The van der Waals surface area contributed by atoms with Crippen molar-refractivity contribution in [3.8, 4) is 0 Å². The van der Waals surface area contributed by atoms with Gasteiger partial charge >= 0.3 is 5.97 Å². The van der Waals surface area contributed by atoms with Crippen LogP contribution in [0.5, 0.6) is 0 Å². The molecule has 0 spiro atoms. The van der Waals surface area contributed by atoms with Gasteiger partial charge < -0.3 is 10.2 Å². The van der Waals surface area contributed by atoms with Gasteiger partial charge in [0.2, 0.25) is 0 Å². The van der Waals surface area contributed by atoms with Gasteiger partial charge in [0.05, 0.1) is 5.56 Å². The van der Waals surface area contributed by atoms with Gasteiger partial charge in [-0.1, -0.05) is 30.3 Å². The predicted octanol–water partition coefficient (Wildman–Crippen LogP) is 3.08. The highest BCUT2D eigenvalue weighted by Gasteiger charge is 2.15. The number of aryl methyl sites for hydroxylation is 2. The van der Waals surface area contributed by atoms with Gasteiger partial charge in [0.1, 0.15) is 6.10 Å². The Morgan fingerprint density at radius 3 is 2.42 bits per heavy atom. The maximum atomic E-state index is 11.0. The topological polar surface area (TPSA) is 57.5 Å². The van der Waals surface area contributed by atoms with Crippen LogP contribution in [0.15, 0.2) is 42.5 Å². The summed E-state index contributed by atoms with van der Waals surface area (Å²) >= 11 is 0. The number of hydrogen-bond donors (Lipinski definition) is 2. The number of carboxylic acids is 1. The SMILES string of the molecule is Cc1cc(C(=O)O)cc(C(O)c2ccccc2C)c1. The molecule has 0 amide bonds. The highest BCUT2D eigenvalue weighted by molar-refractivity contribution is 5.88. The molecule has 0 saturated carbocycles. The van der Waals surface area contributed by atoms with Gasteiger partial charge in [-0.2, -0.15) is 0 Å². The van der Waals surface area contributed by atoms with Crippen molar-refractivity contribution < 1.29 is 15.0 Å². The monoisotopic (exact) mass is 256 g/mol. The van der Waals surface area contributed by atoms with Crippen LogP contribution in [0.2, 0.25) is 0 Å². The Hall–Kier alpha value is -2.13. The number of aromatic carboxylic acids is 1. The summed E-state index contributed by atoms with van der Waals surface area (Å²) in [7, 11) is 0. The fourth-order valence-electron chi connectivity index (χ4n) is 2.17. The van der Waals surface area contributed by atoms with E-state index in [1.165, 1.54) is 6.07 Å². The van der Waals surface area contributed by atoms with Crippen molar-refractivity contribution in [1.29, 1.82) is 0 Å². The molecule has 2 aromatic carbocycles. The quantitative estimate of drug-likeness (QED) is 0.887. The fraction of sp³-hybridized carbons (Fsp3) is 0.188. The molecule has 0 radical (unpaired) electrons. The minimum absolute atomic E-state index is 0.197. The molecule has 0 heterocycles. The third-order valence-corrected chi connectivity index (χ3v) is 3.15. The maximum Gasteiger partial charge on any atom is 0.335 e. The first-order valence-corrected chi connectivity index (χ1v) is 6.07. The average Bonchev–Trinajstić information content (AvgIpc) is 2.37. The van der Waals surface area contributed by atoms with Crippen LogP contribution in [0.25, 0.3) is 0 Å². The Bertz CT molecular complexity index is 617. The van der Waals surface area contributed by atoms with E-state index in [9.17, 15) is 9.90 Å². The van der Waals surface area contributed by atoms with Crippen LogP contribution in [-0.4, -0.2) is 16.2 Å². The zero-order chi connectivity index (χ0) is 14.0. The van der Waals surface area contributed by atoms with E-state index < -0.39 is 12.1 Å². The first-order valence-electron chi connectivity index (χ1n) is 6.07. The van der Waals surface area contributed by atoms with E-state index in [1.54, 1.807) is 6.07 Å². The Morgan fingerprint density at radius 1 is 1.11 bits per heavy atom. The molecule has 0 aliphatic heterocycles. The van der Waals surface area contributed by atoms with Gasteiger partial charge in [-0.05, 0) is 48.2 Å². The highest BCUT2D eigenvalue weighted by atomic mass is 16.4. The van der Waals surface area contributed by atoms with Crippen molar-refractivity contribution in [2.24, 2.45) is 0 Å². The van der Waals surface area contributed by atoms with Gasteiger partial charge in [0, 0.05) is 0 Å². The molecule has 2 rings (SSSR count). The fourth-order valence-corrected chi connectivity index (χ4v) is 2.17. The van der Waals surface area contributed by atoms with E-state index in [1.807, 2.05) is 44.2 Å². The van der Waals surface area contributed by atoms with Crippen LogP contribution >= 0.6 is 0 Å². The van der Waals surface area contributed by atoms with Gasteiger partial charge in [0.15, 0.2) is 0 Å². The van der Waals surface area contributed by atoms with Crippen LogP contribution in [0.4, 0.5) is 0 Å². The summed E-state index contributed by atoms with van der Waals surface area (Å²) < 4.78 is 0. The van der Waals surface area contributed by atoms with Crippen molar-refractivity contribution >= 4 is 5.97 Å². The van der Waals surface area contributed by atoms with Crippen molar-refractivity contribution in [3.63, 3.8) is 0 Å². The van der Waals surface area contributed by atoms with Gasteiger partial charge in [-0.25, -0.2) is 4.79 Å². The number of hydrogen-bond acceptors (Lipinski definition) is 2. The number of carbonyl (C=O) groups is 1. The second-order valence-corrected chi connectivity index (χ2v) is 4.70. The normalized spacial score (nSPS) is 12.2. The molecular weight excluding hydrogens is 240 g/mol. The second kappa shape index (κ2) is 5.24. The average molecular weight is 256 g/mol. The van der Waals surface area contributed by atoms with Crippen LogP contribution in [0.3, 0.4) is 0 Å².